The fourth-order valence-electron chi connectivity index (χ4n) is 1.78. The lowest BCUT2D eigenvalue weighted by Gasteiger charge is -1.98. The SMILES string of the molecule is Nc1cccc(-c2nc(CSc3ccc(Cl)cc3)no2)c1. The van der Waals surface area contributed by atoms with E-state index in [0.29, 0.717) is 23.2 Å². The fourth-order valence-corrected chi connectivity index (χ4v) is 2.65. The van der Waals surface area contributed by atoms with Crippen LogP contribution in [-0.2, 0) is 5.75 Å². The second kappa shape index (κ2) is 6.20. The van der Waals surface area contributed by atoms with E-state index in [-0.39, 0.29) is 0 Å². The molecule has 1 heterocycles. The maximum Gasteiger partial charge on any atom is 0.258 e. The van der Waals surface area contributed by atoms with Gasteiger partial charge in [-0.25, -0.2) is 0 Å². The standard InChI is InChI=1S/C15H12ClN3OS/c16-11-4-6-13(7-5-11)21-9-14-18-15(20-19-14)10-2-1-3-12(17)8-10/h1-8H,9,17H2. The zero-order chi connectivity index (χ0) is 14.7. The lowest BCUT2D eigenvalue weighted by Crippen LogP contribution is -1.86. The third kappa shape index (κ3) is 3.56. The summed E-state index contributed by atoms with van der Waals surface area (Å²) in [6.07, 6.45) is 0. The van der Waals surface area contributed by atoms with Crippen molar-refractivity contribution in [2.45, 2.75) is 10.6 Å². The molecule has 0 atom stereocenters. The minimum absolute atomic E-state index is 0.481. The van der Waals surface area contributed by atoms with Crippen molar-refractivity contribution in [3.63, 3.8) is 0 Å². The van der Waals surface area contributed by atoms with Gasteiger partial charge in [-0.3, -0.25) is 0 Å². The van der Waals surface area contributed by atoms with Gasteiger partial charge >= 0.3 is 0 Å². The van der Waals surface area contributed by atoms with Gasteiger partial charge in [0.1, 0.15) is 0 Å². The molecule has 2 N–H and O–H groups in total. The molecule has 0 bridgehead atoms. The summed E-state index contributed by atoms with van der Waals surface area (Å²) in [5.41, 5.74) is 7.24. The maximum absolute atomic E-state index is 5.85. The molecule has 106 valence electrons. The molecule has 0 saturated heterocycles. The Bertz CT molecular complexity index is 743. The zero-order valence-corrected chi connectivity index (χ0v) is 12.6. The molecule has 0 aliphatic carbocycles. The van der Waals surface area contributed by atoms with Crippen molar-refractivity contribution >= 4 is 29.1 Å². The second-order valence-corrected chi connectivity index (χ2v) is 5.87. The summed E-state index contributed by atoms with van der Waals surface area (Å²) in [4.78, 5) is 5.48. The molecule has 0 amide bonds. The average Bonchev–Trinajstić information content (AvgIpc) is 2.96. The van der Waals surface area contributed by atoms with E-state index in [4.69, 9.17) is 21.9 Å². The van der Waals surface area contributed by atoms with Crippen LogP contribution < -0.4 is 5.73 Å². The molecule has 0 aliphatic rings. The third-order valence-electron chi connectivity index (χ3n) is 2.78. The molecule has 4 nitrogen and oxygen atoms in total. The predicted octanol–water partition coefficient (Wildman–Crippen LogP) is 4.26. The molecule has 6 heteroatoms. The fraction of sp³-hybridized carbons (Fsp3) is 0.0667. The Labute approximate surface area is 131 Å². The summed E-state index contributed by atoms with van der Waals surface area (Å²) in [5, 5.41) is 4.71. The minimum atomic E-state index is 0.481. The Morgan fingerprint density at radius 3 is 2.71 bits per heavy atom. The Morgan fingerprint density at radius 2 is 1.95 bits per heavy atom. The Kier molecular flexibility index (Phi) is 4.13. The number of thioether (sulfide) groups is 1. The van der Waals surface area contributed by atoms with Gasteiger partial charge in [-0.05, 0) is 42.5 Å². The molecule has 2 aromatic carbocycles. The summed E-state index contributed by atoms with van der Waals surface area (Å²) in [6.45, 7) is 0. The largest absolute Gasteiger partial charge is 0.399 e. The third-order valence-corrected chi connectivity index (χ3v) is 4.04. The number of anilines is 1. The number of nitrogen functional groups attached to an aromatic ring is 1. The summed E-state index contributed by atoms with van der Waals surface area (Å²) in [6, 6.07) is 15.0. The van der Waals surface area contributed by atoms with Crippen molar-refractivity contribution in [1.29, 1.82) is 0 Å². The van der Waals surface area contributed by atoms with Crippen LogP contribution in [0.15, 0.2) is 57.9 Å². The molecule has 0 aliphatic heterocycles. The van der Waals surface area contributed by atoms with Crippen molar-refractivity contribution in [1.82, 2.24) is 10.1 Å². The molecule has 3 aromatic rings. The number of hydrogen-bond acceptors (Lipinski definition) is 5. The minimum Gasteiger partial charge on any atom is -0.399 e. The van der Waals surface area contributed by atoms with Crippen molar-refractivity contribution in [2.75, 3.05) is 5.73 Å². The van der Waals surface area contributed by atoms with Crippen LogP contribution >= 0.6 is 23.4 Å². The molecule has 21 heavy (non-hydrogen) atoms. The van der Waals surface area contributed by atoms with Gasteiger partial charge in [0.15, 0.2) is 5.82 Å². The summed E-state index contributed by atoms with van der Waals surface area (Å²) < 4.78 is 5.26. The van der Waals surface area contributed by atoms with E-state index in [0.717, 1.165) is 15.5 Å². The van der Waals surface area contributed by atoms with E-state index in [1.165, 1.54) is 0 Å². The number of nitrogens with two attached hydrogens (primary N) is 1. The molecule has 3 rings (SSSR count). The summed E-state index contributed by atoms with van der Waals surface area (Å²) in [5.74, 6) is 1.76. The lowest BCUT2D eigenvalue weighted by molar-refractivity contribution is 0.425. The first-order chi connectivity index (χ1) is 10.2. The van der Waals surface area contributed by atoms with E-state index in [1.54, 1.807) is 11.8 Å². The first-order valence-corrected chi connectivity index (χ1v) is 7.64. The Morgan fingerprint density at radius 1 is 1.14 bits per heavy atom. The van der Waals surface area contributed by atoms with Gasteiger partial charge in [0.25, 0.3) is 5.89 Å². The molecule has 1 aromatic heterocycles. The molecule has 0 radical (unpaired) electrons. The molecule has 0 saturated carbocycles. The van der Waals surface area contributed by atoms with Crippen molar-refractivity contribution in [3.05, 3.63) is 59.4 Å². The average molecular weight is 318 g/mol. The molecule has 0 fully saturated rings. The van der Waals surface area contributed by atoms with Crippen molar-refractivity contribution < 1.29 is 4.52 Å². The highest BCUT2D eigenvalue weighted by Crippen LogP contribution is 2.25. The number of nitrogens with zero attached hydrogens (tertiary/aromatic N) is 2. The first kappa shape index (κ1) is 14.0. The van der Waals surface area contributed by atoms with E-state index in [2.05, 4.69) is 10.1 Å². The Balaban J connectivity index is 1.69. The van der Waals surface area contributed by atoms with Crippen LogP contribution in [0.4, 0.5) is 5.69 Å². The lowest BCUT2D eigenvalue weighted by atomic mass is 10.2. The Hall–Kier alpha value is -1.98. The maximum atomic E-state index is 5.85. The number of benzene rings is 2. The highest BCUT2D eigenvalue weighted by atomic mass is 35.5. The van der Waals surface area contributed by atoms with Gasteiger partial charge in [0, 0.05) is 21.2 Å². The van der Waals surface area contributed by atoms with Crippen LogP contribution in [0, 0.1) is 0 Å². The van der Waals surface area contributed by atoms with Crippen LogP contribution in [0.5, 0.6) is 0 Å². The van der Waals surface area contributed by atoms with Crippen LogP contribution in [0.3, 0.4) is 0 Å². The molecular formula is C15H12ClN3OS. The number of halogens is 1. The van der Waals surface area contributed by atoms with Crippen LogP contribution in [-0.4, -0.2) is 10.1 Å². The van der Waals surface area contributed by atoms with E-state index >= 15 is 0 Å². The second-order valence-electron chi connectivity index (χ2n) is 4.38. The number of rotatable bonds is 4. The van der Waals surface area contributed by atoms with Gasteiger partial charge in [-0.2, -0.15) is 4.98 Å². The molecule has 0 spiro atoms. The highest BCUT2D eigenvalue weighted by molar-refractivity contribution is 7.98. The van der Waals surface area contributed by atoms with Gasteiger partial charge in [0.2, 0.25) is 0 Å². The van der Waals surface area contributed by atoms with Crippen LogP contribution in [0.25, 0.3) is 11.5 Å². The zero-order valence-electron chi connectivity index (χ0n) is 11.0. The van der Waals surface area contributed by atoms with Gasteiger partial charge in [-0.1, -0.05) is 22.8 Å². The van der Waals surface area contributed by atoms with Crippen LogP contribution in [0.1, 0.15) is 5.82 Å². The number of hydrogen-bond donors (Lipinski definition) is 1. The topological polar surface area (TPSA) is 64.9 Å². The molecule has 0 unspecified atom stereocenters. The first-order valence-electron chi connectivity index (χ1n) is 6.27. The van der Waals surface area contributed by atoms with Crippen LogP contribution in [0.2, 0.25) is 5.02 Å². The van der Waals surface area contributed by atoms with E-state index in [9.17, 15) is 0 Å². The molecular weight excluding hydrogens is 306 g/mol. The summed E-state index contributed by atoms with van der Waals surface area (Å²) >= 11 is 7.48. The quantitative estimate of drug-likeness (QED) is 0.575. The smallest absolute Gasteiger partial charge is 0.258 e. The van der Waals surface area contributed by atoms with E-state index in [1.807, 2.05) is 48.5 Å². The monoisotopic (exact) mass is 317 g/mol. The normalized spacial score (nSPS) is 10.7. The van der Waals surface area contributed by atoms with Gasteiger partial charge < -0.3 is 10.3 Å². The summed E-state index contributed by atoms with van der Waals surface area (Å²) in [7, 11) is 0. The number of aromatic nitrogens is 2. The van der Waals surface area contributed by atoms with Crippen molar-refractivity contribution in [3.8, 4) is 11.5 Å². The van der Waals surface area contributed by atoms with Gasteiger partial charge in [-0.15, -0.1) is 11.8 Å². The predicted molar refractivity (Wildman–Crippen MR) is 85.2 cm³/mol. The van der Waals surface area contributed by atoms with Gasteiger partial charge in [0.05, 0.1) is 5.75 Å². The van der Waals surface area contributed by atoms with E-state index < -0.39 is 0 Å². The highest BCUT2D eigenvalue weighted by Gasteiger charge is 2.09. The van der Waals surface area contributed by atoms with Crippen molar-refractivity contribution in [2.24, 2.45) is 0 Å².